The van der Waals surface area contributed by atoms with Gasteiger partial charge in [-0.05, 0) is 87.8 Å². The number of anilines is 1. The average Bonchev–Trinajstić information content (AvgIpc) is 2.92. The topological polar surface area (TPSA) is 96.4 Å². The van der Waals surface area contributed by atoms with E-state index in [9.17, 15) is 9.59 Å². The normalized spacial score (nSPS) is 21.1. The van der Waals surface area contributed by atoms with E-state index in [2.05, 4.69) is 95.0 Å². The molecule has 0 aromatic carbocycles. The van der Waals surface area contributed by atoms with Crippen molar-refractivity contribution in [3.63, 3.8) is 0 Å². The van der Waals surface area contributed by atoms with Crippen LogP contribution in [-0.2, 0) is 23.1 Å². The van der Waals surface area contributed by atoms with E-state index in [-0.39, 0.29) is 11.8 Å². The number of nitrogens with zero attached hydrogens (tertiary/aromatic N) is 2. The summed E-state index contributed by atoms with van der Waals surface area (Å²) in [6, 6.07) is 1.79. The first kappa shape index (κ1) is 44.4. The van der Waals surface area contributed by atoms with Gasteiger partial charge in [0.1, 0.15) is 11.2 Å². The van der Waals surface area contributed by atoms with Crippen LogP contribution in [0.1, 0.15) is 143 Å². The highest BCUT2D eigenvalue weighted by Crippen LogP contribution is 2.50. The second-order valence-corrected chi connectivity index (χ2v) is 28.8. The van der Waals surface area contributed by atoms with Gasteiger partial charge in [0.25, 0.3) is 0 Å². The molecule has 2 amide bonds. The van der Waals surface area contributed by atoms with Crippen LogP contribution < -0.4 is 4.90 Å². The number of carbonyl (C=O) groups is 2. The number of hydrogen-bond donors (Lipinski definition) is 0. The molecule has 1 fully saturated rings. The summed E-state index contributed by atoms with van der Waals surface area (Å²) in [5, 5.41) is 0. The zero-order valence-electron chi connectivity index (χ0n) is 34.7. The summed E-state index contributed by atoms with van der Waals surface area (Å²) in [7, 11) is -4.80. The molecular formula is C39H71N2O7Si2. The highest BCUT2D eigenvalue weighted by molar-refractivity contribution is 6.78. The molecule has 0 spiro atoms. The van der Waals surface area contributed by atoms with Gasteiger partial charge in [-0.25, -0.2) is 9.59 Å². The van der Waals surface area contributed by atoms with E-state index in [1.807, 2.05) is 0 Å². The van der Waals surface area contributed by atoms with E-state index in [1.54, 1.807) is 53.8 Å². The lowest BCUT2D eigenvalue weighted by Crippen LogP contribution is -2.61. The minimum Gasteiger partial charge on any atom is -0.443 e. The summed E-state index contributed by atoms with van der Waals surface area (Å²) in [4.78, 5) is 32.8. The van der Waals surface area contributed by atoms with Crippen molar-refractivity contribution in [1.29, 1.82) is 0 Å². The van der Waals surface area contributed by atoms with Crippen LogP contribution in [0.3, 0.4) is 0 Å². The molecule has 2 heterocycles. The monoisotopic (exact) mass is 735 g/mol. The van der Waals surface area contributed by atoms with Gasteiger partial charge in [0.05, 0.1) is 36.3 Å². The predicted molar refractivity (Wildman–Crippen MR) is 209 cm³/mol. The fourth-order valence-electron chi connectivity index (χ4n) is 8.45. The average molecular weight is 736 g/mol. The largest absolute Gasteiger partial charge is 0.443 e. The van der Waals surface area contributed by atoms with Crippen molar-refractivity contribution in [2.24, 2.45) is 0 Å². The van der Waals surface area contributed by atoms with Gasteiger partial charge < -0.3 is 23.1 Å². The number of aromatic nitrogens is 1. The molecule has 4 atom stereocenters. The maximum atomic E-state index is 13.8. The van der Waals surface area contributed by atoms with Crippen molar-refractivity contribution in [1.82, 2.24) is 4.98 Å². The van der Waals surface area contributed by atoms with Crippen molar-refractivity contribution < 1.29 is 32.7 Å². The number of carbonyl (C=O) groups excluding carboxylic acids is 2. The molecule has 0 N–H and O–H groups in total. The lowest BCUT2D eigenvalue weighted by Gasteiger charge is -2.53. The molecule has 1 aliphatic rings. The SMILES string of the molecule is [CH2][C@H]1O[C@@H](c2ccncc2N(C(=O)OC(C)(C)C)C(=O)OC(C)(C)C)C[C@@H](O[Si](C(C)C)(C(C)C)C(C)C)[C@@H]1O[Si](C(C)C)(C(C)C)C(C)C. The molecule has 50 heavy (non-hydrogen) atoms. The fraction of sp³-hybridized carbons (Fsp3) is 0.795. The van der Waals surface area contributed by atoms with Crippen LogP contribution in [0.15, 0.2) is 18.5 Å². The van der Waals surface area contributed by atoms with Crippen LogP contribution in [0, 0.1) is 6.92 Å². The summed E-state index contributed by atoms with van der Waals surface area (Å²) in [5.74, 6) is 0. The van der Waals surface area contributed by atoms with E-state index >= 15 is 0 Å². The maximum Gasteiger partial charge on any atom is 0.424 e. The van der Waals surface area contributed by atoms with Gasteiger partial charge in [0, 0.05) is 18.2 Å². The second kappa shape index (κ2) is 16.9. The molecule has 0 unspecified atom stereocenters. The lowest BCUT2D eigenvalue weighted by molar-refractivity contribution is -0.145. The molecule has 1 aromatic rings. The molecule has 1 radical (unpaired) electrons. The third-order valence-electron chi connectivity index (χ3n) is 10.2. The Hall–Kier alpha value is -1.80. The van der Waals surface area contributed by atoms with Crippen LogP contribution in [0.25, 0.3) is 0 Å². The van der Waals surface area contributed by atoms with E-state index in [4.69, 9.17) is 23.1 Å². The standard InChI is InChI=1S/C39H71N2O7Si2/c1-24(2)49(25(3)4,26(5)6)47-34-22-33(44-30(13)35(34)48-50(27(7)8,28(9)10)29(11)12)31-20-21-40-23-32(31)41(36(42)45-38(14,15)16)37(43)46-39(17,18)19/h20-21,23-30,33-35H,13,22H2,1-12,14-19H3/t30-,33-,34-,35-/m1/s1. The zero-order valence-corrected chi connectivity index (χ0v) is 36.7. The number of pyridine rings is 1. The first-order chi connectivity index (χ1) is 22.7. The van der Waals surface area contributed by atoms with Crippen LogP contribution in [0.4, 0.5) is 15.3 Å². The van der Waals surface area contributed by atoms with Crippen molar-refractivity contribution in [2.75, 3.05) is 4.90 Å². The predicted octanol–water partition coefficient (Wildman–Crippen LogP) is 11.5. The molecule has 1 aliphatic heterocycles. The Kier molecular flexibility index (Phi) is 15.0. The number of ether oxygens (including phenoxy) is 3. The zero-order chi connectivity index (χ0) is 38.7. The summed E-state index contributed by atoms with van der Waals surface area (Å²) >= 11 is 0. The smallest absolute Gasteiger partial charge is 0.424 e. The van der Waals surface area contributed by atoms with Crippen LogP contribution in [0.2, 0.25) is 33.2 Å². The summed E-state index contributed by atoms with van der Waals surface area (Å²) < 4.78 is 33.4. The number of imide groups is 1. The van der Waals surface area contributed by atoms with Gasteiger partial charge in [0.2, 0.25) is 16.6 Å². The third kappa shape index (κ3) is 9.99. The summed E-state index contributed by atoms with van der Waals surface area (Å²) in [6.07, 6.45) is -0.0333. The fourth-order valence-corrected chi connectivity index (χ4v) is 19.6. The molecule has 9 nitrogen and oxygen atoms in total. The molecule has 2 rings (SSSR count). The summed E-state index contributed by atoms with van der Waals surface area (Å²) in [5.41, 5.74) is 1.24. The molecule has 1 saturated heterocycles. The van der Waals surface area contributed by atoms with E-state index < -0.39 is 58.3 Å². The quantitative estimate of drug-likeness (QED) is 0.196. The van der Waals surface area contributed by atoms with Gasteiger partial charge in [0.15, 0.2) is 0 Å². The first-order valence-corrected chi connectivity index (χ1v) is 23.0. The highest BCUT2D eigenvalue weighted by atomic mass is 28.4. The third-order valence-corrected chi connectivity index (χ3v) is 22.4. The molecule has 11 heteroatoms. The number of hydrogen-bond acceptors (Lipinski definition) is 8. The second-order valence-electron chi connectivity index (χ2n) is 18.0. The summed E-state index contributed by atoms with van der Waals surface area (Å²) in [6.45, 7) is 42.5. The number of amides is 2. The lowest BCUT2D eigenvalue weighted by atomic mass is 9.94. The molecule has 287 valence electrons. The molecule has 0 aliphatic carbocycles. The van der Waals surface area contributed by atoms with Crippen LogP contribution in [-0.4, -0.2) is 63.3 Å². The van der Waals surface area contributed by atoms with E-state index in [0.29, 0.717) is 45.2 Å². The van der Waals surface area contributed by atoms with Gasteiger partial charge in [-0.2, -0.15) is 4.90 Å². The van der Waals surface area contributed by atoms with Crippen molar-refractivity contribution in [3.8, 4) is 0 Å². The van der Waals surface area contributed by atoms with Gasteiger partial charge >= 0.3 is 12.2 Å². The van der Waals surface area contributed by atoms with E-state index in [1.165, 1.54) is 6.20 Å². The van der Waals surface area contributed by atoms with Crippen LogP contribution in [0.5, 0.6) is 0 Å². The van der Waals surface area contributed by atoms with Gasteiger partial charge in [-0.3, -0.25) is 4.98 Å². The van der Waals surface area contributed by atoms with Crippen molar-refractivity contribution in [2.45, 2.75) is 200 Å². The molecular weight excluding hydrogens is 665 g/mol. The first-order valence-electron chi connectivity index (χ1n) is 18.8. The molecule has 1 aromatic heterocycles. The maximum absolute atomic E-state index is 13.8. The Labute approximate surface area is 307 Å². The van der Waals surface area contributed by atoms with Crippen LogP contribution >= 0.6 is 0 Å². The Morgan fingerprint density at radius 1 is 0.760 bits per heavy atom. The minimum atomic E-state index is -2.42. The highest BCUT2D eigenvalue weighted by Gasteiger charge is 2.54. The van der Waals surface area contributed by atoms with Gasteiger partial charge in [-0.15, -0.1) is 0 Å². The van der Waals surface area contributed by atoms with Crippen molar-refractivity contribution in [3.05, 3.63) is 30.9 Å². The Morgan fingerprint density at radius 3 is 1.54 bits per heavy atom. The Bertz CT molecular complexity index is 1200. The number of rotatable bonds is 12. The van der Waals surface area contributed by atoms with Crippen molar-refractivity contribution >= 4 is 34.5 Å². The molecule has 0 bridgehead atoms. The Morgan fingerprint density at radius 2 is 1.16 bits per heavy atom. The Balaban J connectivity index is 2.82. The van der Waals surface area contributed by atoms with E-state index in [0.717, 1.165) is 4.90 Å². The van der Waals surface area contributed by atoms with Gasteiger partial charge in [-0.1, -0.05) is 83.1 Å². The minimum absolute atomic E-state index is 0.238. The molecule has 0 saturated carbocycles.